The lowest BCUT2D eigenvalue weighted by Crippen LogP contribution is -2.24. The molecule has 0 unspecified atom stereocenters. The summed E-state index contributed by atoms with van der Waals surface area (Å²) in [6.45, 7) is 5.92. The molecule has 0 saturated carbocycles. The minimum Gasteiger partial charge on any atom is -0.372 e. The van der Waals surface area contributed by atoms with Crippen LogP contribution in [0.25, 0.3) is 0 Å². The van der Waals surface area contributed by atoms with Crippen molar-refractivity contribution >= 4 is 29.4 Å². The molecule has 2 aromatic rings. The highest BCUT2D eigenvalue weighted by Crippen LogP contribution is 2.30. The second-order valence-corrected chi connectivity index (χ2v) is 6.36. The van der Waals surface area contributed by atoms with Crippen molar-refractivity contribution in [1.29, 1.82) is 0 Å². The lowest BCUT2D eigenvalue weighted by molar-refractivity contribution is -0.137. The lowest BCUT2D eigenvalue weighted by Gasteiger charge is -2.20. The number of carbonyl (C=O) groups excluding carboxylic acids is 2. The van der Waals surface area contributed by atoms with E-state index in [-0.39, 0.29) is 5.69 Å². The maximum Gasteiger partial charge on any atom is 0.416 e. The third-order valence-corrected chi connectivity index (χ3v) is 4.22. The van der Waals surface area contributed by atoms with Gasteiger partial charge in [-0.25, -0.2) is 5.43 Å². The zero-order valence-corrected chi connectivity index (χ0v) is 16.7. The first kappa shape index (κ1) is 22.9. The monoisotopic (exact) mass is 420 g/mol. The van der Waals surface area contributed by atoms with Crippen molar-refractivity contribution in [2.45, 2.75) is 26.4 Å². The smallest absolute Gasteiger partial charge is 0.372 e. The van der Waals surface area contributed by atoms with Gasteiger partial charge in [-0.15, -0.1) is 0 Å². The molecular formula is C21H23F3N4O2. The van der Waals surface area contributed by atoms with Gasteiger partial charge in [0.1, 0.15) is 6.42 Å². The van der Waals surface area contributed by atoms with E-state index in [2.05, 4.69) is 34.6 Å². The molecule has 0 radical (unpaired) electrons. The zero-order valence-electron chi connectivity index (χ0n) is 16.7. The van der Waals surface area contributed by atoms with Crippen LogP contribution in [-0.4, -0.2) is 31.1 Å². The van der Waals surface area contributed by atoms with Crippen LogP contribution in [0.1, 0.15) is 31.4 Å². The number of hydrazone groups is 1. The highest BCUT2D eigenvalue weighted by atomic mass is 19.4. The first-order valence-corrected chi connectivity index (χ1v) is 9.37. The van der Waals surface area contributed by atoms with Gasteiger partial charge in [0.25, 0.3) is 0 Å². The Hall–Kier alpha value is -3.36. The number of amides is 2. The van der Waals surface area contributed by atoms with E-state index in [0.717, 1.165) is 36.5 Å². The Balaban J connectivity index is 1.85. The molecule has 6 nitrogen and oxygen atoms in total. The molecule has 2 aromatic carbocycles. The van der Waals surface area contributed by atoms with Gasteiger partial charge in [0.05, 0.1) is 11.8 Å². The molecule has 2 amide bonds. The topological polar surface area (TPSA) is 73.8 Å². The molecule has 160 valence electrons. The molecule has 9 heteroatoms. The maximum atomic E-state index is 12.7. The molecule has 0 spiro atoms. The SMILES string of the molecule is CCN(CC)c1ccc(C=NNC(=O)CC(=O)Nc2cccc(C(F)(F)F)c2)cc1. The second kappa shape index (κ2) is 10.4. The standard InChI is InChI=1S/C21H23F3N4O2/c1-3-28(4-2)18-10-8-15(9-11-18)14-25-27-20(30)13-19(29)26-17-7-5-6-16(12-17)21(22,23)24/h5-12,14H,3-4,13H2,1-2H3,(H,26,29)(H,27,30). The maximum absolute atomic E-state index is 12.7. The van der Waals surface area contributed by atoms with Crippen LogP contribution >= 0.6 is 0 Å². The summed E-state index contributed by atoms with van der Waals surface area (Å²) < 4.78 is 38.1. The number of nitrogens with one attached hydrogen (secondary N) is 2. The van der Waals surface area contributed by atoms with Crippen molar-refractivity contribution in [2.24, 2.45) is 5.10 Å². The van der Waals surface area contributed by atoms with Crippen LogP contribution in [0.3, 0.4) is 0 Å². The Morgan fingerprint density at radius 3 is 2.30 bits per heavy atom. The van der Waals surface area contributed by atoms with E-state index >= 15 is 0 Å². The Kier molecular flexibility index (Phi) is 7.97. The molecule has 0 aliphatic rings. The van der Waals surface area contributed by atoms with Gasteiger partial charge in [-0.05, 0) is 49.7 Å². The summed E-state index contributed by atoms with van der Waals surface area (Å²) in [7, 11) is 0. The Bertz CT molecular complexity index is 892. The third kappa shape index (κ3) is 6.91. The van der Waals surface area contributed by atoms with Crippen molar-refractivity contribution in [3.05, 3.63) is 59.7 Å². The van der Waals surface area contributed by atoms with Crippen molar-refractivity contribution in [1.82, 2.24) is 5.43 Å². The van der Waals surface area contributed by atoms with Gasteiger partial charge in [0.15, 0.2) is 0 Å². The number of hydrogen-bond acceptors (Lipinski definition) is 4. The fourth-order valence-corrected chi connectivity index (χ4v) is 2.70. The minimum atomic E-state index is -4.52. The molecule has 0 fully saturated rings. The van der Waals surface area contributed by atoms with Crippen molar-refractivity contribution in [3.8, 4) is 0 Å². The number of anilines is 2. The Labute approximate surface area is 172 Å². The van der Waals surface area contributed by atoms with Crippen LogP contribution in [0.5, 0.6) is 0 Å². The molecular weight excluding hydrogens is 397 g/mol. The number of alkyl halides is 3. The summed E-state index contributed by atoms with van der Waals surface area (Å²) in [6, 6.07) is 11.8. The Morgan fingerprint density at radius 2 is 1.70 bits per heavy atom. The summed E-state index contributed by atoms with van der Waals surface area (Å²) in [5.41, 5.74) is 3.13. The second-order valence-electron chi connectivity index (χ2n) is 6.36. The molecule has 0 aliphatic heterocycles. The average Bonchev–Trinajstić information content (AvgIpc) is 2.69. The lowest BCUT2D eigenvalue weighted by atomic mass is 10.2. The fourth-order valence-electron chi connectivity index (χ4n) is 2.70. The summed E-state index contributed by atoms with van der Waals surface area (Å²) in [4.78, 5) is 25.9. The molecule has 0 heterocycles. The molecule has 0 aliphatic carbocycles. The molecule has 0 atom stereocenters. The molecule has 2 rings (SSSR count). The van der Waals surface area contributed by atoms with E-state index in [4.69, 9.17) is 0 Å². The van der Waals surface area contributed by atoms with Gasteiger partial charge >= 0.3 is 6.18 Å². The van der Waals surface area contributed by atoms with Crippen LogP contribution in [0.2, 0.25) is 0 Å². The van der Waals surface area contributed by atoms with E-state index in [0.29, 0.717) is 0 Å². The molecule has 30 heavy (non-hydrogen) atoms. The van der Waals surface area contributed by atoms with Crippen LogP contribution in [0.15, 0.2) is 53.6 Å². The van der Waals surface area contributed by atoms with Gasteiger partial charge in [-0.2, -0.15) is 18.3 Å². The van der Waals surface area contributed by atoms with E-state index in [9.17, 15) is 22.8 Å². The fraction of sp³-hybridized carbons (Fsp3) is 0.286. The third-order valence-electron chi connectivity index (χ3n) is 4.22. The van der Waals surface area contributed by atoms with E-state index < -0.39 is 30.0 Å². The minimum absolute atomic E-state index is 0.0422. The summed E-state index contributed by atoms with van der Waals surface area (Å²) in [5.74, 6) is -1.43. The van der Waals surface area contributed by atoms with Gasteiger partial charge in [-0.1, -0.05) is 18.2 Å². The van der Waals surface area contributed by atoms with E-state index in [1.807, 2.05) is 24.3 Å². The van der Waals surface area contributed by atoms with Crippen molar-refractivity contribution in [2.75, 3.05) is 23.3 Å². The first-order valence-electron chi connectivity index (χ1n) is 9.37. The van der Waals surface area contributed by atoms with E-state index in [1.54, 1.807) is 0 Å². The molecule has 0 bridgehead atoms. The van der Waals surface area contributed by atoms with Crippen LogP contribution in [-0.2, 0) is 15.8 Å². The quantitative estimate of drug-likeness (QED) is 0.385. The zero-order chi connectivity index (χ0) is 22.1. The number of benzene rings is 2. The number of hydrogen-bond donors (Lipinski definition) is 2. The van der Waals surface area contributed by atoms with Crippen molar-refractivity contribution < 1.29 is 22.8 Å². The van der Waals surface area contributed by atoms with Gasteiger partial charge in [0, 0.05) is 24.5 Å². The normalized spacial score (nSPS) is 11.4. The number of carbonyl (C=O) groups is 2. The van der Waals surface area contributed by atoms with Crippen LogP contribution in [0, 0.1) is 0 Å². The predicted molar refractivity (Wildman–Crippen MR) is 110 cm³/mol. The molecule has 0 saturated heterocycles. The van der Waals surface area contributed by atoms with Gasteiger partial charge in [0.2, 0.25) is 11.8 Å². The summed E-state index contributed by atoms with van der Waals surface area (Å²) >= 11 is 0. The predicted octanol–water partition coefficient (Wildman–Crippen LogP) is 4.03. The average molecular weight is 420 g/mol. The Morgan fingerprint density at radius 1 is 1.03 bits per heavy atom. The number of nitrogens with zero attached hydrogens (tertiary/aromatic N) is 2. The number of rotatable bonds is 8. The first-order chi connectivity index (χ1) is 14.2. The highest BCUT2D eigenvalue weighted by molar-refractivity contribution is 6.03. The molecule has 0 aromatic heterocycles. The van der Waals surface area contributed by atoms with Crippen LogP contribution < -0.4 is 15.6 Å². The van der Waals surface area contributed by atoms with Gasteiger partial charge in [-0.3, -0.25) is 9.59 Å². The van der Waals surface area contributed by atoms with Gasteiger partial charge < -0.3 is 10.2 Å². The molecule has 2 N–H and O–H groups in total. The van der Waals surface area contributed by atoms with E-state index in [1.165, 1.54) is 18.3 Å². The highest BCUT2D eigenvalue weighted by Gasteiger charge is 2.30. The largest absolute Gasteiger partial charge is 0.416 e. The van der Waals surface area contributed by atoms with Crippen LogP contribution in [0.4, 0.5) is 24.5 Å². The van der Waals surface area contributed by atoms with Crippen molar-refractivity contribution in [3.63, 3.8) is 0 Å². The summed E-state index contributed by atoms with van der Waals surface area (Å²) in [6.07, 6.45) is -3.65. The number of halogens is 3. The summed E-state index contributed by atoms with van der Waals surface area (Å²) in [5, 5.41) is 6.06.